The first kappa shape index (κ1) is 13.2. The van der Waals surface area contributed by atoms with E-state index in [0.29, 0.717) is 0 Å². The maximum atomic E-state index is 12.5. The molecule has 0 aliphatic rings. The topological polar surface area (TPSA) is 45.9 Å². The first-order valence-electron chi connectivity index (χ1n) is 4.15. The van der Waals surface area contributed by atoms with E-state index in [1.54, 1.807) is 0 Å². The van der Waals surface area contributed by atoms with Crippen molar-refractivity contribution in [2.24, 2.45) is 0 Å². The van der Waals surface area contributed by atoms with Crippen LogP contribution in [0.1, 0.15) is 23.4 Å². The number of hydrogen-bond donors (Lipinski definition) is 0. The number of nitrogens with zero attached hydrogens (tertiary/aromatic N) is 2. The van der Waals surface area contributed by atoms with E-state index in [4.69, 9.17) is 5.26 Å². The third-order valence-corrected chi connectivity index (χ3v) is 1.83. The van der Waals surface area contributed by atoms with E-state index in [1.165, 1.54) is 6.07 Å². The van der Waals surface area contributed by atoms with Crippen molar-refractivity contribution >= 4 is 0 Å². The summed E-state index contributed by atoms with van der Waals surface area (Å²) in [6.07, 6.45) is -8.10. The molecule has 1 aromatic heterocycles. The van der Waals surface area contributed by atoms with Gasteiger partial charge in [-0.25, -0.2) is 13.8 Å². The third-order valence-electron chi connectivity index (χ3n) is 1.83. The van der Waals surface area contributed by atoms with E-state index in [2.05, 4.69) is 9.72 Å². The van der Waals surface area contributed by atoms with E-state index in [9.17, 15) is 22.0 Å². The fraction of sp³-hybridized carbons (Fsp3) is 0.333. The molecule has 0 aliphatic heterocycles. The van der Waals surface area contributed by atoms with Gasteiger partial charge in [0.15, 0.2) is 11.4 Å². The molecule has 17 heavy (non-hydrogen) atoms. The van der Waals surface area contributed by atoms with Crippen molar-refractivity contribution in [3.63, 3.8) is 0 Å². The van der Waals surface area contributed by atoms with E-state index < -0.39 is 35.3 Å². The minimum Gasteiger partial charge on any atom is -0.493 e. The van der Waals surface area contributed by atoms with Crippen LogP contribution in [0.3, 0.4) is 0 Å². The number of aromatic nitrogens is 1. The van der Waals surface area contributed by atoms with Crippen molar-refractivity contribution in [3.05, 3.63) is 23.0 Å². The maximum absolute atomic E-state index is 12.5. The van der Waals surface area contributed by atoms with Crippen LogP contribution < -0.4 is 4.74 Å². The Balaban J connectivity index is 3.56. The molecule has 0 spiro atoms. The molecule has 0 bridgehead atoms. The van der Waals surface area contributed by atoms with Gasteiger partial charge in [-0.2, -0.15) is 18.4 Å². The Labute approximate surface area is 92.4 Å². The Morgan fingerprint density at radius 3 is 2.35 bits per heavy atom. The first-order chi connectivity index (χ1) is 7.81. The molecule has 0 radical (unpaired) electrons. The molecule has 3 nitrogen and oxygen atoms in total. The van der Waals surface area contributed by atoms with Gasteiger partial charge in [0.25, 0.3) is 6.43 Å². The Hall–Kier alpha value is -1.91. The number of halogens is 5. The lowest BCUT2D eigenvalue weighted by molar-refractivity contribution is -0.139. The molecular formula is C9H5F5N2O. The van der Waals surface area contributed by atoms with Crippen molar-refractivity contribution in [3.8, 4) is 11.8 Å². The van der Waals surface area contributed by atoms with Gasteiger partial charge in [0, 0.05) is 0 Å². The lowest BCUT2D eigenvalue weighted by atomic mass is 10.1. The summed E-state index contributed by atoms with van der Waals surface area (Å²) in [6.45, 7) is 0. The van der Waals surface area contributed by atoms with Gasteiger partial charge in [-0.1, -0.05) is 0 Å². The molecule has 0 saturated carbocycles. The molecule has 0 saturated heterocycles. The summed E-state index contributed by atoms with van der Waals surface area (Å²) in [5.41, 5.74) is -3.38. The number of hydrogen-bond acceptors (Lipinski definition) is 3. The van der Waals surface area contributed by atoms with Crippen molar-refractivity contribution in [1.82, 2.24) is 4.98 Å². The minimum absolute atomic E-state index is 0.171. The van der Waals surface area contributed by atoms with Crippen LogP contribution in [0.2, 0.25) is 0 Å². The Bertz CT molecular complexity index is 464. The summed E-state index contributed by atoms with van der Waals surface area (Å²) in [5, 5.41) is 8.54. The van der Waals surface area contributed by atoms with Crippen molar-refractivity contribution in [2.75, 3.05) is 7.11 Å². The van der Waals surface area contributed by atoms with Gasteiger partial charge in [-0.15, -0.1) is 0 Å². The Morgan fingerprint density at radius 1 is 1.41 bits per heavy atom. The smallest absolute Gasteiger partial charge is 0.420 e. The van der Waals surface area contributed by atoms with E-state index >= 15 is 0 Å². The predicted octanol–water partition coefficient (Wildman–Crippen LogP) is 2.92. The van der Waals surface area contributed by atoms with Gasteiger partial charge in [-0.05, 0) is 6.07 Å². The number of ether oxygens (including phenoxy) is 1. The zero-order valence-corrected chi connectivity index (χ0v) is 8.35. The predicted molar refractivity (Wildman–Crippen MR) is 45.5 cm³/mol. The number of pyridine rings is 1. The lowest BCUT2D eigenvalue weighted by Gasteiger charge is -2.13. The highest BCUT2D eigenvalue weighted by Gasteiger charge is 2.37. The molecule has 0 aliphatic carbocycles. The fourth-order valence-electron chi connectivity index (χ4n) is 1.16. The van der Waals surface area contributed by atoms with E-state index in [0.717, 1.165) is 7.11 Å². The molecule has 8 heteroatoms. The second-order valence-corrected chi connectivity index (χ2v) is 2.89. The first-order valence-corrected chi connectivity index (χ1v) is 4.15. The second-order valence-electron chi connectivity index (χ2n) is 2.89. The average Bonchev–Trinajstić information content (AvgIpc) is 2.25. The summed E-state index contributed by atoms with van der Waals surface area (Å²) in [6, 6.07) is 1.46. The molecule has 0 unspecified atom stereocenters. The number of rotatable bonds is 2. The Kier molecular flexibility index (Phi) is 3.50. The normalized spacial score (nSPS) is 11.4. The summed E-state index contributed by atoms with van der Waals surface area (Å²) in [7, 11) is 0.898. The van der Waals surface area contributed by atoms with Crippen LogP contribution in [0.15, 0.2) is 6.07 Å². The van der Waals surface area contributed by atoms with Crippen LogP contribution in [0.5, 0.6) is 5.75 Å². The lowest BCUT2D eigenvalue weighted by Crippen LogP contribution is -2.11. The van der Waals surface area contributed by atoms with Gasteiger partial charge < -0.3 is 4.74 Å². The quantitative estimate of drug-likeness (QED) is 0.760. The molecule has 1 aromatic rings. The van der Waals surface area contributed by atoms with Gasteiger partial charge in [0.1, 0.15) is 17.3 Å². The molecule has 0 atom stereocenters. The van der Waals surface area contributed by atoms with Gasteiger partial charge in [-0.3, -0.25) is 0 Å². The molecule has 0 aromatic carbocycles. The van der Waals surface area contributed by atoms with Gasteiger partial charge in [0.2, 0.25) is 0 Å². The molecule has 0 amide bonds. The zero-order valence-electron chi connectivity index (χ0n) is 8.35. The molecular weight excluding hydrogens is 247 g/mol. The van der Waals surface area contributed by atoms with Crippen LogP contribution >= 0.6 is 0 Å². The molecule has 1 rings (SSSR count). The molecule has 92 valence electrons. The van der Waals surface area contributed by atoms with Crippen molar-refractivity contribution < 1.29 is 26.7 Å². The highest BCUT2D eigenvalue weighted by Crippen LogP contribution is 2.39. The maximum Gasteiger partial charge on any atom is 0.420 e. The second kappa shape index (κ2) is 4.53. The van der Waals surface area contributed by atoms with Gasteiger partial charge in [0.05, 0.1) is 7.11 Å². The molecule has 1 heterocycles. The summed E-state index contributed by atoms with van der Waals surface area (Å²) in [5.74, 6) is -0.857. The highest BCUT2D eigenvalue weighted by molar-refractivity contribution is 5.46. The monoisotopic (exact) mass is 252 g/mol. The highest BCUT2D eigenvalue weighted by atomic mass is 19.4. The summed E-state index contributed by atoms with van der Waals surface area (Å²) >= 11 is 0. The van der Waals surface area contributed by atoms with Crippen molar-refractivity contribution in [2.45, 2.75) is 12.6 Å². The van der Waals surface area contributed by atoms with Crippen LogP contribution in [0, 0.1) is 11.3 Å². The molecule has 0 N–H and O–H groups in total. The third kappa shape index (κ3) is 2.61. The van der Waals surface area contributed by atoms with Crippen LogP contribution in [0.25, 0.3) is 0 Å². The largest absolute Gasteiger partial charge is 0.493 e. The summed E-state index contributed by atoms with van der Waals surface area (Å²) < 4.78 is 66.6. The van der Waals surface area contributed by atoms with E-state index in [-0.39, 0.29) is 6.07 Å². The standard InChI is InChI=1S/C9H5F5N2O/c1-17-7-4(9(12,13)14)2-5(8(10)11)16-6(7)3-15/h2,8H,1H3. The SMILES string of the molecule is COc1c(C(F)(F)F)cc(C(F)F)nc1C#N. The number of alkyl halides is 5. The Morgan fingerprint density at radius 2 is 2.00 bits per heavy atom. The average molecular weight is 252 g/mol. The van der Waals surface area contributed by atoms with Crippen LogP contribution in [0.4, 0.5) is 22.0 Å². The van der Waals surface area contributed by atoms with Crippen molar-refractivity contribution in [1.29, 1.82) is 5.26 Å². The summed E-state index contributed by atoms with van der Waals surface area (Å²) in [4.78, 5) is 3.10. The van der Waals surface area contributed by atoms with Crippen LogP contribution in [-0.4, -0.2) is 12.1 Å². The van der Waals surface area contributed by atoms with Gasteiger partial charge >= 0.3 is 6.18 Å². The zero-order chi connectivity index (χ0) is 13.2. The van der Waals surface area contributed by atoms with E-state index in [1.807, 2.05) is 0 Å². The molecule has 0 fully saturated rings. The number of nitriles is 1. The minimum atomic E-state index is -4.90. The number of methoxy groups -OCH3 is 1. The van der Waals surface area contributed by atoms with Crippen LogP contribution in [-0.2, 0) is 6.18 Å². The fourth-order valence-corrected chi connectivity index (χ4v) is 1.16.